The molecule has 0 bridgehead atoms. The highest BCUT2D eigenvalue weighted by molar-refractivity contribution is 5.98. The predicted octanol–water partition coefficient (Wildman–Crippen LogP) is 1.64. The number of hydrogen-bond donors (Lipinski definition) is 1. The van der Waals surface area contributed by atoms with Gasteiger partial charge in [-0.05, 0) is 50.8 Å². The Hall–Kier alpha value is -2.93. The molecule has 154 valence electrons. The van der Waals surface area contributed by atoms with Crippen LogP contribution >= 0.6 is 0 Å². The highest BCUT2D eigenvalue weighted by atomic mass is 16.2. The standard InChI is InChI=1S/C22H29N5O2/c1-17-5-4-6-19(15-17)26-11-13-27(14-12-26)22(29)18-7-8-23-20(16-18)21(28)24-9-10-25(2)3/h4-8,15-16H,9-14H2,1-3H3,(H,24,28). The van der Waals surface area contributed by atoms with Gasteiger partial charge in [-0.15, -0.1) is 0 Å². The van der Waals surface area contributed by atoms with Crippen molar-refractivity contribution in [3.8, 4) is 0 Å². The van der Waals surface area contributed by atoms with E-state index in [1.165, 1.54) is 17.4 Å². The van der Waals surface area contributed by atoms with E-state index in [0.717, 1.165) is 19.6 Å². The van der Waals surface area contributed by atoms with Crippen LogP contribution in [0.4, 0.5) is 5.69 Å². The van der Waals surface area contributed by atoms with E-state index in [9.17, 15) is 9.59 Å². The van der Waals surface area contributed by atoms with Crippen molar-refractivity contribution in [2.24, 2.45) is 0 Å². The molecule has 3 rings (SSSR count). The minimum absolute atomic E-state index is 0.0568. The van der Waals surface area contributed by atoms with Gasteiger partial charge in [0.05, 0.1) is 0 Å². The third kappa shape index (κ3) is 5.54. The fourth-order valence-electron chi connectivity index (χ4n) is 3.35. The Labute approximate surface area is 172 Å². The first-order valence-electron chi connectivity index (χ1n) is 9.94. The van der Waals surface area contributed by atoms with Crippen LogP contribution < -0.4 is 10.2 Å². The Morgan fingerprint density at radius 1 is 1.10 bits per heavy atom. The number of rotatable bonds is 6. The van der Waals surface area contributed by atoms with Crippen LogP contribution in [0.25, 0.3) is 0 Å². The predicted molar refractivity (Wildman–Crippen MR) is 114 cm³/mol. The maximum atomic E-state index is 12.9. The second-order valence-corrected chi connectivity index (χ2v) is 7.61. The molecule has 1 aromatic carbocycles. The normalized spacial score (nSPS) is 14.2. The van der Waals surface area contributed by atoms with Gasteiger partial charge < -0.3 is 20.0 Å². The maximum Gasteiger partial charge on any atom is 0.269 e. The molecule has 0 saturated carbocycles. The molecule has 1 aromatic heterocycles. The minimum Gasteiger partial charge on any atom is -0.368 e. The smallest absolute Gasteiger partial charge is 0.269 e. The molecular weight excluding hydrogens is 366 g/mol. The monoisotopic (exact) mass is 395 g/mol. The maximum absolute atomic E-state index is 12.9. The number of piperazine rings is 1. The Morgan fingerprint density at radius 2 is 1.86 bits per heavy atom. The minimum atomic E-state index is -0.259. The topological polar surface area (TPSA) is 68.8 Å². The summed E-state index contributed by atoms with van der Waals surface area (Å²) in [6.07, 6.45) is 1.52. The van der Waals surface area contributed by atoms with Gasteiger partial charge in [-0.2, -0.15) is 0 Å². The van der Waals surface area contributed by atoms with Gasteiger partial charge in [0.25, 0.3) is 11.8 Å². The molecule has 0 spiro atoms. The van der Waals surface area contributed by atoms with E-state index in [-0.39, 0.29) is 17.5 Å². The van der Waals surface area contributed by atoms with Crippen LogP contribution in [0.2, 0.25) is 0 Å². The lowest BCUT2D eigenvalue weighted by Gasteiger charge is -2.36. The van der Waals surface area contributed by atoms with E-state index in [4.69, 9.17) is 0 Å². The van der Waals surface area contributed by atoms with E-state index in [2.05, 4.69) is 46.4 Å². The second kappa shape index (κ2) is 9.52. The number of benzene rings is 1. The zero-order valence-corrected chi connectivity index (χ0v) is 17.4. The van der Waals surface area contributed by atoms with Crippen molar-refractivity contribution in [1.82, 2.24) is 20.1 Å². The average molecular weight is 396 g/mol. The highest BCUT2D eigenvalue weighted by Crippen LogP contribution is 2.18. The van der Waals surface area contributed by atoms with Crippen molar-refractivity contribution in [3.05, 3.63) is 59.4 Å². The SMILES string of the molecule is Cc1cccc(N2CCN(C(=O)c3ccnc(C(=O)NCCN(C)C)c3)CC2)c1. The first kappa shape index (κ1) is 20.8. The summed E-state index contributed by atoms with van der Waals surface area (Å²) >= 11 is 0. The first-order chi connectivity index (χ1) is 13.9. The summed E-state index contributed by atoms with van der Waals surface area (Å²) in [5.74, 6) is -0.315. The summed E-state index contributed by atoms with van der Waals surface area (Å²) in [6.45, 7) is 6.25. The third-order valence-electron chi connectivity index (χ3n) is 5.02. The van der Waals surface area contributed by atoms with Gasteiger partial charge in [0.1, 0.15) is 5.69 Å². The largest absolute Gasteiger partial charge is 0.368 e. The number of carbonyl (C=O) groups is 2. The van der Waals surface area contributed by atoms with Gasteiger partial charge in [0, 0.05) is 56.7 Å². The molecule has 2 heterocycles. The Balaban J connectivity index is 1.59. The molecule has 2 amide bonds. The molecule has 2 aromatic rings. The van der Waals surface area contributed by atoms with E-state index in [1.54, 1.807) is 12.1 Å². The van der Waals surface area contributed by atoms with Crippen LogP contribution in [0, 0.1) is 6.92 Å². The zero-order valence-electron chi connectivity index (χ0n) is 17.4. The lowest BCUT2D eigenvalue weighted by molar-refractivity contribution is 0.0746. The summed E-state index contributed by atoms with van der Waals surface area (Å²) in [4.78, 5) is 35.4. The first-order valence-corrected chi connectivity index (χ1v) is 9.94. The van der Waals surface area contributed by atoms with E-state index < -0.39 is 0 Å². The van der Waals surface area contributed by atoms with Crippen molar-refractivity contribution in [2.45, 2.75) is 6.92 Å². The number of nitrogens with zero attached hydrogens (tertiary/aromatic N) is 4. The van der Waals surface area contributed by atoms with Crippen LogP contribution in [0.3, 0.4) is 0 Å². The van der Waals surface area contributed by atoms with E-state index in [1.807, 2.05) is 23.9 Å². The second-order valence-electron chi connectivity index (χ2n) is 7.61. The van der Waals surface area contributed by atoms with Gasteiger partial charge in [-0.1, -0.05) is 12.1 Å². The van der Waals surface area contributed by atoms with Crippen molar-refractivity contribution in [3.63, 3.8) is 0 Å². The van der Waals surface area contributed by atoms with Crippen LogP contribution in [0.15, 0.2) is 42.6 Å². The number of aryl methyl sites for hydroxylation is 1. The van der Waals surface area contributed by atoms with Crippen LogP contribution in [-0.2, 0) is 0 Å². The molecule has 0 atom stereocenters. The van der Waals surface area contributed by atoms with Gasteiger partial charge in [-0.3, -0.25) is 14.6 Å². The molecule has 1 aliphatic heterocycles. The molecule has 1 N–H and O–H groups in total. The Bertz CT molecular complexity index is 860. The number of aromatic nitrogens is 1. The van der Waals surface area contributed by atoms with Gasteiger partial charge in [-0.25, -0.2) is 0 Å². The van der Waals surface area contributed by atoms with Gasteiger partial charge in [0.15, 0.2) is 0 Å². The van der Waals surface area contributed by atoms with Crippen molar-refractivity contribution in [2.75, 3.05) is 58.3 Å². The van der Waals surface area contributed by atoms with Crippen molar-refractivity contribution in [1.29, 1.82) is 0 Å². The summed E-state index contributed by atoms with van der Waals surface area (Å²) < 4.78 is 0. The zero-order chi connectivity index (χ0) is 20.8. The summed E-state index contributed by atoms with van der Waals surface area (Å²) in [7, 11) is 3.89. The van der Waals surface area contributed by atoms with E-state index >= 15 is 0 Å². The lowest BCUT2D eigenvalue weighted by atomic mass is 10.1. The summed E-state index contributed by atoms with van der Waals surface area (Å²) in [6, 6.07) is 11.7. The van der Waals surface area contributed by atoms with Crippen molar-refractivity contribution < 1.29 is 9.59 Å². The van der Waals surface area contributed by atoms with Crippen LogP contribution in [0.5, 0.6) is 0 Å². The Kier molecular flexibility index (Phi) is 6.82. The molecule has 0 aliphatic carbocycles. The number of pyridine rings is 1. The molecular formula is C22H29N5O2. The number of nitrogens with one attached hydrogen (secondary N) is 1. The van der Waals surface area contributed by atoms with Crippen LogP contribution in [-0.4, -0.2) is 80.0 Å². The van der Waals surface area contributed by atoms with Crippen LogP contribution in [0.1, 0.15) is 26.4 Å². The van der Waals surface area contributed by atoms with Crippen molar-refractivity contribution >= 4 is 17.5 Å². The Morgan fingerprint density at radius 3 is 2.55 bits per heavy atom. The quantitative estimate of drug-likeness (QED) is 0.805. The fourth-order valence-corrected chi connectivity index (χ4v) is 3.35. The van der Waals surface area contributed by atoms with Gasteiger partial charge >= 0.3 is 0 Å². The highest BCUT2D eigenvalue weighted by Gasteiger charge is 2.23. The molecule has 29 heavy (non-hydrogen) atoms. The molecule has 1 aliphatic rings. The molecule has 1 fully saturated rings. The molecule has 7 heteroatoms. The number of likely N-dealkylation sites (N-methyl/N-ethyl adjacent to an activating group) is 1. The summed E-state index contributed by atoms with van der Waals surface area (Å²) in [5, 5.41) is 2.83. The van der Waals surface area contributed by atoms with Gasteiger partial charge in [0.2, 0.25) is 0 Å². The number of carbonyl (C=O) groups excluding carboxylic acids is 2. The third-order valence-corrected chi connectivity index (χ3v) is 5.02. The number of anilines is 1. The molecule has 7 nitrogen and oxygen atoms in total. The summed E-state index contributed by atoms with van der Waals surface area (Å²) in [5.41, 5.74) is 3.20. The average Bonchev–Trinajstić information content (AvgIpc) is 2.73. The molecule has 1 saturated heterocycles. The van der Waals surface area contributed by atoms with E-state index in [0.29, 0.717) is 25.2 Å². The molecule has 0 unspecified atom stereocenters. The number of amides is 2. The molecule has 0 radical (unpaired) electrons. The number of hydrogen-bond acceptors (Lipinski definition) is 5. The lowest BCUT2D eigenvalue weighted by Crippen LogP contribution is -2.48. The fraction of sp³-hybridized carbons (Fsp3) is 0.409.